The maximum Gasteiger partial charge on any atom is 0.316 e. The smallest absolute Gasteiger partial charge is 0.316 e. The lowest BCUT2D eigenvalue weighted by Gasteiger charge is -2.22. The number of rotatable bonds is 3. The number of nitrogens with one attached hydrogen (secondary N) is 1. The lowest BCUT2D eigenvalue weighted by molar-refractivity contribution is 0.00968. The van der Waals surface area contributed by atoms with Gasteiger partial charge in [0, 0.05) is 25.4 Å². The van der Waals surface area contributed by atoms with Crippen LogP contribution in [0, 0.1) is 0 Å². The van der Waals surface area contributed by atoms with Crippen LogP contribution in [-0.2, 0) is 4.74 Å². The predicted octanol–water partition coefficient (Wildman–Crippen LogP) is 0.652. The lowest BCUT2D eigenvalue weighted by atomic mass is 9.98. The largest absolute Gasteiger partial charge is 0.458 e. The van der Waals surface area contributed by atoms with Crippen molar-refractivity contribution in [3.05, 3.63) is 36.7 Å². The monoisotopic (exact) mass is 315 g/mol. The molecule has 2 unspecified atom stereocenters. The van der Waals surface area contributed by atoms with Gasteiger partial charge in [-0.2, -0.15) is 0 Å². The van der Waals surface area contributed by atoms with Gasteiger partial charge in [-0.3, -0.25) is 4.79 Å². The van der Waals surface area contributed by atoms with Crippen LogP contribution in [0.15, 0.2) is 31.0 Å². The third-order valence-corrected chi connectivity index (χ3v) is 4.32. The van der Waals surface area contributed by atoms with Crippen LogP contribution < -0.4 is 4.74 Å². The van der Waals surface area contributed by atoms with Crippen molar-refractivity contribution in [1.29, 1.82) is 0 Å². The van der Waals surface area contributed by atoms with Crippen LogP contribution in [0.25, 0.3) is 0 Å². The molecule has 2 atom stereocenters. The fraction of sp³-hybridized carbons (Fsp3) is 0.467. The fourth-order valence-corrected chi connectivity index (χ4v) is 3.22. The number of nitrogens with zero attached hydrogens (tertiary/aromatic N) is 4. The molecule has 2 aromatic rings. The van der Waals surface area contributed by atoms with Crippen molar-refractivity contribution in [3.63, 3.8) is 0 Å². The third-order valence-electron chi connectivity index (χ3n) is 4.32. The number of hydrogen-bond acceptors (Lipinski definition) is 6. The maximum absolute atomic E-state index is 12.4. The summed E-state index contributed by atoms with van der Waals surface area (Å²) >= 11 is 0. The molecule has 4 heterocycles. The van der Waals surface area contributed by atoms with E-state index in [0.29, 0.717) is 31.4 Å². The number of hydrogen-bond donors (Lipinski definition) is 1. The van der Waals surface area contributed by atoms with Crippen LogP contribution >= 0.6 is 0 Å². The molecule has 120 valence electrons. The SMILES string of the molecule is O=C(c1cnc[nH]1)N1CCC2(CC(Oc3ncccn3)CO2)C1. The molecule has 0 radical (unpaired) electrons. The summed E-state index contributed by atoms with van der Waals surface area (Å²) in [6.07, 6.45) is 7.80. The molecule has 8 heteroatoms. The van der Waals surface area contributed by atoms with Crippen molar-refractivity contribution in [2.45, 2.75) is 24.5 Å². The van der Waals surface area contributed by atoms with Crippen LogP contribution in [-0.4, -0.2) is 62.1 Å². The minimum absolute atomic E-state index is 0.0428. The van der Waals surface area contributed by atoms with Crippen LogP contribution in [0.1, 0.15) is 23.3 Å². The number of imidazole rings is 1. The molecular formula is C15H17N5O3. The van der Waals surface area contributed by atoms with E-state index in [0.717, 1.165) is 12.8 Å². The highest BCUT2D eigenvalue weighted by Crippen LogP contribution is 2.36. The number of ether oxygens (including phenoxy) is 2. The van der Waals surface area contributed by atoms with Gasteiger partial charge in [0.1, 0.15) is 11.8 Å². The molecule has 1 amide bonds. The molecule has 23 heavy (non-hydrogen) atoms. The summed E-state index contributed by atoms with van der Waals surface area (Å²) in [7, 11) is 0. The van der Waals surface area contributed by atoms with E-state index < -0.39 is 0 Å². The molecule has 2 aliphatic heterocycles. The van der Waals surface area contributed by atoms with Gasteiger partial charge in [0.25, 0.3) is 5.91 Å². The molecule has 1 N–H and O–H groups in total. The minimum Gasteiger partial charge on any atom is -0.458 e. The fourth-order valence-electron chi connectivity index (χ4n) is 3.22. The number of H-pyrrole nitrogens is 1. The molecule has 2 fully saturated rings. The van der Waals surface area contributed by atoms with Crippen molar-refractivity contribution in [2.75, 3.05) is 19.7 Å². The van der Waals surface area contributed by atoms with Gasteiger partial charge in [0.05, 0.1) is 31.3 Å². The molecule has 2 aromatic heterocycles. The van der Waals surface area contributed by atoms with Crippen molar-refractivity contribution in [3.8, 4) is 6.01 Å². The second-order valence-corrected chi connectivity index (χ2v) is 5.91. The Morgan fingerprint density at radius 3 is 3.09 bits per heavy atom. The van der Waals surface area contributed by atoms with Gasteiger partial charge in [0.2, 0.25) is 0 Å². The average Bonchev–Trinajstić information content (AvgIpc) is 3.31. The van der Waals surface area contributed by atoms with Gasteiger partial charge in [0.15, 0.2) is 0 Å². The van der Waals surface area contributed by atoms with E-state index in [9.17, 15) is 4.79 Å². The zero-order valence-electron chi connectivity index (χ0n) is 12.5. The Kier molecular flexibility index (Phi) is 3.45. The Labute approximate surface area is 132 Å². The molecule has 0 aliphatic carbocycles. The second kappa shape index (κ2) is 5.62. The van der Waals surface area contributed by atoms with Gasteiger partial charge in [-0.25, -0.2) is 15.0 Å². The van der Waals surface area contributed by atoms with Crippen LogP contribution in [0.4, 0.5) is 0 Å². The number of aromatic nitrogens is 4. The van der Waals surface area contributed by atoms with Gasteiger partial charge < -0.3 is 19.4 Å². The van der Waals surface area contributed by atoms with Crippen LogP contribution in [0.2, 0.25) is 0 Å². The first-order valence-electron chi connectivity index (χ1n) is 7.59. The maximum atomic E-state index is 12.4. The summed E-state index contributed by atoms with van der Waals surface area (Å²) in [5.74, 6) is -0.0428. The van der Waals surface area contributed by atoms with Crippen molar-refractivity contribution in [2.24, 2.45) is 0 Å². The van der Waals surface area contributed by atoms with Crippen LogP contribution in [0.3, 0.4) is 0 Å². The average molecular weight is 315 g/mol. The highest BCUT2D eigenvalue weighted by molar-refractivity contribution is 5.92. The molecule has 0 saturated carbocycles. The molecule has 0 aromatic carbocycles. The lowest BCUT2D eigenvalue weighted by Crippen LogP contribution is -2.36. The molecule has 2 saturated heterocycles. The van der Waals surface area contributed by atoms with E-state index in [4.69, 9.17) is 9.47 Å². The summed E-state index contributed by atoms with van der Waals surface area (Å²) in [5.41, 5.74) is 0.181. The Morgan fingerprint density at radius 1 is 1.43 bits per heavy atom. The van der Waals surface area contributed by atoms with Gasteiger partial charge in [-0.05, 0) is 12.5 Å². The first-order valence-corrected chi connectivity index (χ1v) is 7.59. The summed E-state index contributed by atoms with van der Waals surface area (Å²) in [4.78, 5) is 29.1. The van der Waals surface area contributed by atoms with E-state index in [-0.39, 0.29) is 17.6 Å². The molecular weight excluding hydrogens is 298 g/mol. The minimum atomic E-state index is -0.324. The first kappa shape index (κ1) is 14.1. The summed E-state index contributed by atoms with van der Waals surface area (Å²) in [6, 6.07) is 2.11. The third kappa shape index (κ3) is 2.77. The standard InChI is InChI=1S/C15H17N5O3/c21-13(12-7-16-10-19-12)20-5-2-15(9-20)6-11(8-22-15)23-14-17-3-1-4-18-14/h1,3-4,7,10-11H,2,5-6,8-9H2,(H,16,19). The van der Waals surface area contributed by atoms with E-state index in [1.165, 1.54) is 6.33 Å². The number of amides is 1. The normalized spacial score (nSPS) is 26.8. The van der Waals surface area contributed by atoms with E-state index in [1.54, 1.807) is 29.6 Å². The Morgan fingerprint density at radius 2 is 2.30 bits per heavy atom. The highest BCUT2D eigenvalue weighted by Gasteiger charge is 2.48. The molecule has 0 bridgehead atoms. The first-order chi connectivity index (χ1) is 11.2. The van der Waals surface area contributed by atoms with Crippen molar-refractivity contribution >= 4 is 5.91 Å². The van der Waals surface area contributed by atoms with Gasteiger partial charge in [-0.15, -0.1) is 0 Å². The second-order valence-electron chi connectivity index (χ2n) is 5.91. The Balaban J connectivity index is 1.38. The van der Waals surface area contributed by atoms with E-state index in [1.807, 2.05) is 0 Å². The number of aromatic amines is 1. The number of carbonyl (C=O) groups excluding carboxylic acids is 1. The summed E-state index contributed by atoms with van der Waals surface area (Å²) in [6.45, 7) is 1.73. The van der Waals surface area contributed by atoms with Crippen molar-refractivity contribution in [1.82, 2.24) is 24.8 Å². The molecule has 2 aliphatic rings. The molecule has 4 rings (SSSR count). The Hall–Kier alpha value is -2.48. The van der Waals surface area contributed by atoms with Crippen molar-refractivity contribution < 1.29 is 14.3 Å². The van der Waals surface area contributed by atoms with Gasteiger partial charge >= 0.3 is 6.01 Å². The molecule has 8 nitrogen and oxygen atoms in total. The van der Waals surface area contributed by atoms with E-state index >= 15 is 0 Å². The van der Waals surface area contributed by atoms with Gasteiger partial charge in [-0.1, -0.05) is 0 Å². The molecule has 1 spiro atoms. The quantitative estimate of drug-likeness (QED) is 0.894. The zero-order valence-corrected chi connectivity index (χ0v) is 12.5. The number of carbonyl (C=O) groups is 1. The summed E-state index contributed by atoms with van der Waals surface area (Å²) < 4.78 is 11.7. The number of likely N-dealkylation sites (tertiary alicyclic amines) is 1. The van der Waals surface area contributed by atoms with E-state index in [2.05, 4.69) is 19.9 Å². The highest BCUT2D eigenvalue weighted by atomic mass is 16.6. The predicted molar refractivity (Wildman–Crippen MR) is 78.9 cm³/mol. The van der Waals surface area contributed by atoms with Crippen LogP contribution in [0.5, 0.6) is 6.01 Å². The summed E-state index contributed by atoms with van der Waals surface area (Å²) in [5, 5.41) is 0. The Bertz CT molecular complexity index is 678. The zero-order chi connectivity index (χ0) is 15.7. The topological polar surface area (TPSA) is 93.2 Å².